The highest BCUT2D eigenvalue weighted by Gasteiger charge is 2.21. The van der Waals surface area contributed by atoms with Gasteiger partial charge in [0.05, 0.1) is 20.1 Å². The van der Waals surface area contributed by atoms with E-state index in [0.717, 1.165) is 26.2 Å². The van der Waals surface area contributed by atoms with Crippen LogP contribution < -0.4 is 20.4 Å². The smallest absolute Gasteiger partial charge is 0.233 e. The number of aromatic nitrogens is 3. The minimum Gasteiger partial charge on any atom is -0.368 e. The fraction of sp³-hybridized carbons (Fsp3) is 0.160. The van der Waals surface area contributed by atoms with E-state index in [1.54, 1.807) is 24.3 Å². The van der Waals surface area contributed by atoms with Crippen molar-refractivity contribution in [3.63, 3.8) is 0 Å². The van der Waals surface area contributed by atoms with E-state index >= 15 is 0 Å². The summed E-state index contributed by atoms with van der Waals surface area (Å²) in [4.78, 5) is 18.4. The van der Waals surface area contributed by atoms with Crippen LogP contribution in [0.2, 0.25) is 20.1 Å². The summed E-state index contributed by atoms with van der Waals surface area (Å²) >= 11 is 24.5. The molecule has 2 N–H and O–H groups in total. The van der Waals surface area contributed by atoms with Gasteiger partial charge < -0.3 is 20.4 Å². The van der Waals surface area contributed by atoms with E-state index in [2.05, 4.69) is 59.7 Å². The first kappa shape index (κ1) is 24.7. The van der Waals surface area contributed by atoms with Crippen molar-refractivity contribution in [1.82, 2.24) is 15.0 Å². The molecule has 2 heterocycles. The molecule has 0 atom stereocenters. The molecule has 1 aliphatic rings. The second-order valence-electron chi connectivity index (χ2n) is 8.10. The summed E-state index contributed by atoms with van der Waals surface area (Å²) in [6, 6.07) is 20.9. The zero-order valence-electron chi connectivity index (χ0n) is 18.9. The monoisotopic (exact) mass is 559 g/mol. The van der Waals surface area contributed by atoms with Gasteiger partial charge in [0.2, 0.25) is 17.8 Å². The van der Waals surface area contributed by atoms with Crippen molar-refractivity contribution >= 4 is 81.3 Å². The Morgan fingerprint density at radius 1 is 0.556 bits per heavy atom. The predicted octanol–water partition coefficient (Wildman–Crippen LogP) is 7.30. The van der Waals surface area contributed by atoms with E-state index in [1.165, 1.54) is 5.69 Å². The third-order valence-corrected chi connectivity index (χ3v) is 7.14. The number of rotatable bonds is 6. The Balaban J connectivity index is 1.41. The molecule has 0 unspecified atom stereocenters. The van der Waals surface area contributed by atoms with Gasteiger partial charge in [0, 0.05) is 43.2 Å². The summed E-state index contributed by atoms with van der Waals surface area (Å²) in [5, 5.41) is 8.21. The molecule has 0 spiro atoms. The van der Waals surface area contributed by atoms with Gasteiger partial charge in [0.1, 0.15) is 0 Å². The van der Waals surface area contributed by atoms with Crippen LogP contribution in [0, 0.1) is 0 Å². The van der Waals surface area contributed by atoms with E-state index in [9.17, 15) is 0 Å². The molecular weight excluding hydrogens is 540 g/mol. The highest BCUT2D eigenvalue weighted by atomic mass is 35.5. The highest BCUT2D eigenvalue weighted by Crippen LogP contribution is 2.29. The molecule has 7 nitrogen and oxygen atoms in total. The van der Waals surface area contributed by atoms with E-state index in [0.29, 0.717) is 49.3 Å². The Hall–Kier alpha value is -2.97. The SMILES string of the molecule is Clc1ccc(Nc2nc(Nc3ccc(Cl)c(Cl)c3)nc(N3CCN(c4ccccc4)CC3)n2)cc1Cl. The maximum absolute atomic E-state index is 6.19. The molecule has 0 aliphatic carbocycles. The molecule has 0 bridgehead atoms. The topological polar surface area (TPSA) is 69.2 Å². The van der Waals surface area contributed by atoms with Crippen LogP contribution in [0.4, 0.5) is 34.9 Å². The van der Waals surface area contributed by atoms with Crippen LogP contribution in [0.3, 0.4) is 0 Å². The Morgan fingerprint density at radius 2 is 1.06 bits per heavy atom. The lowest BCUT2D eigenvalue weighted by Crippen LogP contribution is -2.47. The van der Waals surface area contributed by atoms with Crippen molar-refractivity contribution in [3.05, 3.63) is 86.8 Å². The Labute approximate surface area is 229 Å². The fourth-order valence-corrected chi connectivity index (χ4v) is 4.42. The molecule has 5 rings (SSSR count). The molecule has 36 heavy (non-hydrogen) atoms. The molecule has 4 aromatic rings. The third-order valence-electron chi connectivity index (χ3n) is 5.66. The van der Waals surface area contributed by atoms with Gasteiger partial charge >= 0.3 is 0 Å². The third kappa shape index (κ3) is 5.87. The number of hydrogen-bond donors (Lipinski definition) is 2. The van der Waals surface area contributed by atoms with Crippen LogP contribution in [-0.4, -0.2) is 41.1 Å². The zero-order valence-corrected chi connectivity index (χ0v) is 22.0. The van der Waals surface area contributed by atoms with Gasteiger partial charge in [-0.2, -0.15) is 15.0 Å². The Kier molecular flexibility index (Phi) is 7.53. The largest absolute Gasteiger partial charge is 0.368 e. The first-order chi connectivity index (χ1) is 17.4. The maximum Gasteiger partial charge on any atom is 0.233 e. The van der Waals surface area contributed by atoms with E-state index in [-0.39, 0.29) is 0 Å². The summed E-state index contributed by atoms with van der Waals surface area (Å²) in [7, 11) is 0. The first-order valence-corrected chi connectivity index (χ1v) is 12.7. The molecular formula is C25H21Cl4N7. The van der Waals surface area contributed by atoms with Crippen LogP contribution in [0.15, 0.2) is 66.7 Å². The Bertz CT molecular complexity index is 1290. The van der Waals surface area contributed by atoms with Gasteiger partial charge in [-0.3, -0.25) is 0 Å². The molecule has 1 aromatic heterocycles. The van der Waals surface area contributed by atoms with Gasteiger partial charge in [-0.05, 0) is 48.5 Å². The molecule has 1 aliphatic heterocycles. The fourth-order valence-electron chi connectivity index (χ4n) is 3.83. The molecule has 0 radical (unpaired) electrons. The van der Waals surface area contributed by atoms with Crippen LogP contribution in [-0.2, 0) is 0 Å². The van der Waals surface area contributed by atoms with Crippen molar-refractivity contribution in [2.45, 2.75) is 0 Å². The lowest BCUT2D eigenvalue weighted by molar-refractivity contribution is 0.639. The molecule has 0 amide bonds. The number of anilines is 6. The van der Waals surface area contributed by atoms with Crippen LogP contribution in [0.5, 0.6) is 0 Å². The van der Waals surface area contributed by atoms with Crippen molar-refractivity contribution < 1.29 is 0 Å². The van der Waals surface area contributed by atoms with Crippen molar-refractivity contribution in [2.24, 2.45) is 0 Å². The summed E-state index contributed by atoms with van der Waals surface area (Å²) in [6.07, 6.45) is 0. The lowest BCUT2D eigenvalue weighted by atomic mass is 10.2. The normalized spacial score (nSPS) is 13.6. The Morgan fingerprint density at radius 3 is 1.56 bits per heavy atom. The van der Waals surface area contributed by atoms with E-state index < -0.39 is 0 Å². The molecule has 0 saturated carbocycles. The number of piperazine rings is 1. The van der Waals surface area contributed by atoms with Gasteiger partial charge in [-0.25, -0.2) is 0 Å². The van der Waals surface area contributed by atoms with Crippen LogP contribution >= 0.6 is 46.4 Å². The van der Waals surface area contributed by atoms with Crippen molar-refractivity contribution in [2.75, 3.05) is 46.6 Å². The number of benzene rings is 3. The molecule has 11 heteroatoms. The predicted molar refractivity (Wildman–Crippen MR) is 150 cm³/mol. The molecule has 184 valence electrons. The second-order valence-corrected chi connectivity index (χ2v) is 9.73. The van der Waals surface area contributed by atoms with Crippen molar-refractivity contribution in [3.8, 4) is 0 Å². The summed E-state index contributed by atoms with van der Waals surface area (Å²) in [5.74, 6) is 1.29. The van der Waals surface area contributed by atoms with Crippen LogP contribution in [0.1, 0.15) is 0 Å². The minimum absolute atomic E-state index is 0.367. The standard InChI is InChI=1S/C25H21Cl4N7/c26-19-8-6-16(14-21(19)28)30-23-32-24(31-17-7-9-20(27)22(29)15-17)34-25(33-23)36-12-10-35(11-13-36)18-4-2-1-3-5-18/h1-9,14-15H,10-13H2,(H2,30,31,32,33,34). The lowest BCUT2D eigenvalue weighted by Gasteiger charge is -2.36. The zero-order chi connectivity index (χ0) is 25.1. The van der Waals surface area contributed by atoms with Crippen LogP contribution in [0.25, 0.3) is 0 Å². The second kappa shape index (κ2) is 11.0. The van der Waals surface area contributed by atoms with Gasteiger partial charge in [0.25, 0.3) is 0 Å². The number of hydrogen-bond acceptors (Lipinski definition) is 7. The average Bonchev–Trinajstić information content (AvgIpc) is 2.89. The molecule has 1 fully saturated rings. The summed E-state index contributed by atoms with van der Waals surface area (Å²) < 4.78 is 0. The number of halogens is 4. The summed E-state index contributed by atoms with van der Waals surface area (Å²) in [5.41, 5.74) is 2.61. The van der Waals surface area contributed by atoms with Gasteiger partial charge in [0.15, 0.2) is 0 Å². The van der Waals surface area contributed by atoms with Gasteiger partial charge in [-0.1, -0.05) is 64.6 Å². The number of nitrogens with zero attached hydrogens (tertiary/aromatic N) is 5. The highest BCUT2D eigenvalue weighted by molar-refractivity contribution is 6.42. The minimum atomic E-state index is 0.367. The number of para-hydroxylation sites is 1. The molecule has 1 saturated heterocycles. The molecule has 3 aromatic carbocycles. The van der Waals surface area contributed by atoms with E-state index in [1.807, 2.05) is 18.2 Å². The maximum atomic E-state index is 6.19. The first-order valence-electron chi connectivity index (χ1n) is 11.2. The average molecular weight is 561 g/mol. The number of nitrogens with one attached hydrogen (secondary N) is 2. The quantitative estimate of drug-likeness (QED) is 0.256. The summed E-state index contributed by atoms with van der Waals surface area (Å²) in [6.45, 7) is 3.22. The van der Waals surface area contributed by atoms with E-state index in [4.69, 9.17) is 46.4 Å². The van der Waals surface area contributed by atoms with Gasteiger partial charge in [-0.15, -0.1) is 0 Å². The van der Waals surface area contributed by atoms with Crippen molar-refractivity contribution in [1.29, 1.82) is 0 Å².